The Hall–Kier alpha value is -2.03. The standard InChI is InChI=1S/C21H29BN2O5/c1-13(25)18-4-2-3-15-11-16(22(28)29-21(15)18)12-17(26)9-14-5-6-19(20(27)10-14)24-8-7-23/h2-4,14,16,19,24,28H,5-12,23H2,1H3/t14?,16-,19?/m1/s1. The summed E-state index contributed by atoms with van der Waals surface area (Å²) in [4.78, 5) is 36.6. The van der Waals surface area contributed by atoms with Crippen LogP contribution in [0.2, 0.25) is 5.82 Å². The summed E-state index contributed by atoms with van der Waals surface area (Å²) in [6.45, 7) is 2.57. The highest BCUT2D eigenvalue weighted by Gasteiger charge is 2.38. The van der Waals surface area contributed by atoms with E-state index in [1.54, 1.807) is 12.1 Å². The van der Waals surface area contributed by atoms with Gasteiger partial charge < -0.3 is 20.7 Å². The molecule has 1 saturated carbocycles. The van der Waals surface area contributed by atoms with Crippen LogP contribution < -0.4 is 15.7 Å². The van der Waals surface area contributed by atoms with Gasteiger partial charge in [-0.3, -0.25) is 14.4 Å². The minimum Gasteiger partial charge on any atom is -0.535 e. The van der Waals surface area contributed by atoms with Crippen molar-refractivity contribution in [1.29, 1.82) is 0 Å². The molecule has 7 nitrogen and oxygen atoms in total. The minimum atomic E-state index is -1.12. The summed E-state index contributed by atoms with van der Waals surface area (Å²) in [5.74, 6) is 0.193. The van der Waals surface area contributed by atoms with E-state index < -0.39 is 7.12 Å². The van der Waals surface area contributed by atoms with Crippen LogP contribution in [0.5, 0.6) is 5.75 Å². The van der Waals surface area contributed by atoms with Crippen LogP contribution in [0.4, 0.5) is 0 Å². The molecule has 1 aromatic rings. The van der Waals surface area contributed by atoms with E-state index in [4.69, 9.17) is 10.4 Å². The summed E-state index contributed by atoms with van der Waals surface area (Å²) in [7, 11) is -1.12. The van der Waals surface area contributed by atoms with Crippen molar-refractivity contribution in [2.45, 2.75) is 57.3 Å². The number of nitrogens with two attached hydrogens (primary N) is 1. The molecule has 156 valence electrons. The van der Waals surface area contributed by atoms with Crippen molar-refractivity contribution >= 4 is 24.5 Å². The molecule has 1 aliphatic heterocycles. The van der Waals surface area contributed by atoms with Crippen molar-refractivity contribution in [3.63, 3.8) is 0 Å². The van der Waals surface area contributed by atoms with E-state index in [9.17, 15) is 19.4 Å². The molecule has 1 fully saturated rings. The predicted molar refractivity (Wildman–Crippen MR) is 110 cm³/mol. The molecule has 0 radical (unpaired) electrons. The van der Waals surface area contributed by atoms with Crippen molar-refractivity contribution < 1.29 is 24.1 Å². The molecule has 3 atom stereocenters. The molecule has 29 heavy (non-hydrogen) atoms. The van der Waals surface area contributed by atoms with Crippen LogP contribution in [0, 0.1) is 5.92 Å². The molecule has 1 aliphatic carbocycles. The lowest BCUT2D eigenvalue weighted by Gasteiger charge is -2.30. The fraction of sp³-hybridized carbons (Fsp3) is 0.571. The van der Waals surface area contributed by atoms with Gasteiger partial charge in [-0.1, -0.05) is 12.1 Å². The number of carbonyl (C=O) groups is 3. The van der Waals surface area contributed by atoms with Crippen LogP contribution in [0.15, 0.2) is 18.2 Å². The lowest BCUT2D eigenvalue weighted by atomic mass is 9.64. The van der Waals surface area contributed by atoms with Gasteiger partial charge in [0.15, 0.2) is 5.78 Å². The molecule has 2 aliphatic rings. The van der Waals surface area contributed by atoms with Crippen molar-refractivity contribution in [3.05, 3.63) is 29.3 Å². The number of ketones is 3. The van der Waals surface area contributed by atoms with E-state index in [1.165, 1.54) is 6.92 Å². The third-order valence-corrected chi connectivity index (χ3v) is 5.88. The average molecular weight is 400 g/mol. The molecule has 0 amide bonds. The minimum absolute atomic E-state index is 0.0370. The van der Waals surface area contributed by atoms with E-state index in [2.05, 4.69) is 5.32 Å². The second-order valence-electron chi connectivity index (χ2n) is 8.18. The molecule has 0 saturated heterocycles. The second kappa shape index (κ2) is 9.65. The molecule has 8 heteroatoms. The molecule has 0 bridgehead atoms. The highest BCUT2D eigenvalue weighted by Crippen LogP contribution is 2.37. The molecule has 1 aromatic carbocycles. The van der Waals surface area contributed by atoms with Gasteiger partial charge in [0, 0.05) is 38.2 Å². The predicted octanol–water partition coefficient (Wildman–Crippen LogP) is 1.31. The third kappa shape index (κ3) is 5.32. The molecule has 0 aromatic heterocycles. The van der Waals surface area contributed by atoms with E-state index in [-0.39, 0.29) is 41.5 Å². The number of fused-ring (bicyclic) bond motifs is 1. The molecular formula is C21H29BN2O5. The van der Waals surface area contributed by atoms with E-state index in [1.807, 2.05) is 6.07 Å². The molecule has 0 spiro atoms. The first-order chi connectivity index (χ1) is 13.9. The van der Waals surface area contributed by atoms with Gasteiger partial charge in [-0.05, 0) is 43.7 Å². The summed E-state index contributed by atoms with van der Waals surface area (Å²) >= 11 is 0. The zero-order valence-electron chi connectivity index (χ0n) is 16.9. The zero-order chi connectivity index (χ0) is 21.0. The molecule has 2 unspecified atom stereocenters. The fourth-order valence-electron chi connectivity index (χ4n) is 4.37. The summed E-state index contributed by atoms with van der Waals surface area (Å²) < 4.78 is 5.61. The van der Waals surface area contributed by atoms with Crippen molar-refractivity contribution in [3.8, 4) is 5.75 Å². The van der Waals surface area contributed by atoms with Crippen LogP contribution in [-0.4, -0.2) is 48.6 Å². The normalized spacial score (nSPS) is 24.0. The van der Waals surface area contributed by atoms with Crippen molar-refractivity contribution in [1.82, 2.24) is 5.32 Å². The lowest BCUT2D eigenvalue weighted by molar-refractivity contribution is -0.125. The highest BCUT2D eigenvalue weighted by atomic mass is 16.5. The third-order valence-electron chi connectivity index (χ3n) is 5.88. The summed E-state index contributed by atoms with van der Waals surface area (Å²) in [6, 6.07) is 5.18. The van der Waals surface area contributed by atoms with Gasteiger partial charge in [0.2, 0.25) is 0 Å². The molecular weight excluding hydrogens is 371 g/mol. The monoisotopic (exact) mass is 400 g/mol. The fourth-order valence-corrected chi connectivity index (χ4v) is 4.37. The molecule has 1 heterocycles. The van der Waals surface area contributed by atoms with E-state index >= 15 is 0 Å². The Morgan fingerprint density at radius 1 is 1.28 bits per heavy atom. The van der Waals surface area contributed by atoms with Gasteiger partial charge in [0.1, 0.15) is 17.3 Å². The summed E-state index contributed by atoms with van der Waals surface area (Å²) in [6.07, 6.45) is 2.99. The molecule has 3 rings (SSSR count). The Morgan fingerprint density at radius 3 is 2.76 bits per heavy atom. The largest absolute Gasteiger partial charge is 0.535 e. The highest BCUT2D eigenvalue weighted by molar-refractivity contribution is 6.47. The number of rotatable bonds is 8. The number of hydrogen-bond acceptors (Lipinski definition) is 7. The Labute approximate surface area is 171 Å². The second-order valence-corrected chi connectivity index (χ2v) is 8.18. The first-order valence-corrected chi connectivity index (χ1v) is 10.3. The maximum Gasteiger partial charge on any atom is 0.526 e. The maximum atomic E-state index is 12.6. The smallest absolute Gasteiger partial charge is 0.526 e. The molecule has 4 N–H and O–H groups in total. The topological polar surface area (TPSA) is 119 Å². The van der Waals surface area contributed by atoms with Crippen LogP contribution in [-0.2, 0) is 16.0 Å². The number of benzene rings is 1. The van der Waals surface area contributed by atoms with Gasteiger partial charge >= 0.3 is 7.12 Å². The van der Waals surface area contributed by atoms with Crippen LogP contribution in [0.3, 0.4) is 0 Å². The van der Waals surface area contributed by atoms with Gasteiger partial charge in [-0.2, -0.15) is 0 Å². The number of nitrogens with one attached hydrogen (secondary N) is 1. The number of carbonyl (C=O) groups excluding carboxylic acids is 3. The van der Waals surface area contributed by atoms with Gasteiger partial charge in [-0.15, -0.1) is 0 Å². The number of para-hydroxylation sites is 1. The van der Waals surface area contributed by atoms with Crippen LogP contribution in [0.1, 0.15) is 54.9 Å². The first kappa shape index (κ1) is 21.7. The maximum absolute atomic E-state index is 12.6. The summed E-state index contributed by atoms with van der Waals surface area (Å²) in [5.41, 5.74) is 6.76. The Kier molecular flexibility index (Phi) is 7.21. The Balaban J connectivity index is 1.54. The Morgan fingerprint density at radius 2 is 2.07 bits per heavy atom. The van der Waals surface area contributed by atoms with Crippen LogP contribution in [0.25, 0.3) is 0 Å². The lowest BCUT2D eigenvalue weighted by Crippen LogP contribution is -2.43. The average Bonchev–Trinajstić information content (AvgIpc) is 2.67. The van der Waals surface area contributed by atoms with E-state index in [0.717, 1.165) is 18.4 Å². The van der Waals surface area contributed by atoms with Crippen LogP contribution >= 0.6 is 0 Å². The first-order valence-electron chi connectivity index (χ1n) is 10.3. The van der Waals surface area contributed by atoms with Gasteiger partial charge in [-0.25, -0.2) is 0 Å². The van der Waals surface area contributed by atoms with Crippen molar-refractivity contribution in [2.24, 2.45) is 11.7 Å². The van der Waals surface area contributed by atoms with E-state index in [0.29, 0.717) is 43.7 Å². The Bertz CT molecular complexity index is 784. The zero-order valence-corrected chi connectivity index (χ0v) is 16.9. The summed E-state index contributed by atoms with van der Waals surface area (Å²) in [5, 5.41) is 13.5. The van der Waals surface area contributed by atoms with Gasteiger partial charge in [0.25, 0.3) is 0 Å². The number of hydrogen-bond donors (Lipinski definition) is 3. The van der Waals surface area contributed by atoms with Crippen molar-refractivity contribution in [2.75, 3.05) is 13.1 Å². The quantitative estimate of drug-likeness (QED) is 0.445. The number of Topliss-reactive ketones (excluding diaryl/α,β-unsaturated/α-hetero) is 3. The SMILES string of the molecule is CC(=O)c1cccc2c1OB(O)[C@@H](CC(=O)CC1CCC(NCCN)C(=O)C1)C2. The van der Waals surface area contributed by atoms with Gasteiger partial charge in [0.05, 0.1) is 11.6 Å².